The number of carbonyl (C=O) groups is 1. The fraction of sp³-hybridized carbons (Fsp3) is 0.273. The minimum absolute atomic E-state index is 0.351. The molecule has 0 aliphatic carbocycles. The van der Waals surface area contributed by atoms with Crippen molar-refractivity contribution in [3.63, 3.8) is 0 Å². The van der Waals surface area contributed by atoms with Crippen molar-refractivity contribution >= 4 is 5.97 Å². The van der Waals surface area contributed by atoms with Gasteiger partial charge < -0.3 is 19.8 Å². The first-order chi connectivity index (χ1) is 8.11. The number of hydrogen-bond acceptors (Lipinski definition) is 4. The second-order valence-corrected chi connectivity index (χ2v) is 3.65. The number of nitrogens with zero attached hydrogens (tertiary/aromatic N) is 1. The first-order valence-corrected chi connectivity index (χ1v) is 5.13. The van der Waals surface area contributed by atoms with Crippen molar-refractivity contribution in [2.24, 2.45) is 0 Å². The standard InChI is InChI=1S/C11H13N3O3/c1-6-3-4-8(17-6)7-5-13-10(14-7)9(12-2)11(15)16/h3-5,9,12H,1-2H3,(H,13,14)(H,15,16). The van der Waals surface area contributed by atoms with Crippen LogP contribution in [0.25, 0.3) is 11.5 Å². The van der Waals surface area contributed by atoms with Gasteiger partial charge >= 0.3 is 5.97 Å². The SMILES string of the molecule is CNC(C(=O)O)c1ncc(-c2ccc(C)o2)[nH]1. The Morgan fingerprint density at radius 3 is 2.88 bits per heavy atom. The molecular weight excluding hydrogens is 222 g/mol. The zero-order chi connectivity index (χ0) is 12.4. The average Bonchev–Trinajstić information content (AvgIpc) is 2.87. The lowest BCUT2D eigenvalue weighted by Crippen LogP contribution is -2.26. The molecule has 0 aliphatic rings. The van der Waals surface area contributed by atoms with Crippen LogP contribution in [0.5, 0.6) is 0 Å². The lowest BCUT2D eigenvalue weighted by Gasteiger charge is -2.06. The second kappa shape index (κ2) is 4.42. The van der Waals surface area contributed by atoms with Crippen molar-refractivity contribution in [3.8, 4) is 11.5 Å². The van der Waals surface area contributed by atoms with Crippen LogP contribution in [0.2, 0.25) is 0 Å². The van der Waals surface area contributed by atoms with Gasteiger partial charge in [0.05, 0.1) is 6.20 Å². The molecule has 0 bridgehead atoms. The Morgan fingerprint density at radius 1 is 1.59 bits per heavy atom. The van der Waals surface area contributed by atoms with Crippen LogP contribution in [0.3, 0.4) is 0 Å². The van der Waals surface area contributed by atoms with Crippen molar-refractivity contribution in [1.29, 1.82) is 0 Å². The number of nitrogens with one attached hydrogen (secondary N) is 2. The van der Waals surface area contributed by atoms with Crippen molar-refractivity contribution in [2.75, 3.05) is 7.05 Å². The van der Waals surface area contributed by atoms with Gasteiger partial charge in [0.15, 0.2) is 11.8 Å². The number of aromatic amines is 1. The molecule has 3 N–H and O–H groups in total. The van der Waals surface area contributed by atoms with Crippen molar-refractivity contribution < 1.29 is 14.3 Å². The predicted octanol–water partition coefficient (Wildman–Crippen LogP) is 1.32. The molecule has 0 fully saturated rings. The van der Waals surface area contributed by atoms with E-state index in [-0.39, 0.29) is 0 Å². The number of rotatable bonds is 4. The molecule has 6 nitrogen and oxygen atoms in total. The van der Waals surface area contributed by atoms with Gasteiger partial charge in [0.25, 0.3) is 0 Å². The number of aliphatic carboxylic acids is 1. The minimum Gasteiger partial charge on any atom is -0.480 e. The highest BCUT2D eigenvalue weighted by Gasteiger charge is 2.21. The highest BCUT2D eigenvalue weighted by molar-refractivity contribution is 5.74. The molecule has 0 amide bonds. The van der Waals surface area contributed by atoms with E-state index in [0.29, 0.717) is 17.3 Å². The third kappa shape index (κ3) is 2.21. The van der Waals surface area contributed by atoms with E-state index < -0.39 is 12.0 Å². The number of carboxylic acids is 1. The zero-order valence-corrected chi connectivity index (χ0v) is 9.52. The summed E-state index contributed by atoms with van der Waals surface area (Å²) in [6.07, 6.45) is 1.56. The molecule has 2 heterocycles. The van der Waals surface area contributed by atoms with E-state index in [4.69, 9.17) is 9.52 Å². The fourth-order valence-electron chi connectivity index (χ4n) is 1.56. The summed E-state index contributed by atoms with van der Waals surface area (Å²) in [5.74, 6) is 0.800. The Kier molecular flexibility index (Phi) is 2.97. The Balaban J connectivity index is 2.29. The summed E-state index contributed by atoms with van der Waals surface area (Å²) in [5.41, 5.74) is 0.662. The summed E-state index contributed by atoms with van der Waals surface area (Å²) in [4.78, 5) is 17.9. The molecule has 2 aromatic rings. The van der Waals surface area contributed by atoms with E-state index in [1.807, 2.05) is 19.1 Å². The van der Waals surface area contributed by atoms with Crippen LogP contribution < -0.4 is 5.32 Å². The molecule has 0 radical (unpaired) electrons. The average molecular weight is 235 g/mol. The lowest BCUT2D eigenvalue weighted by atomic mass is 10.3. The Hall–Kier alpha value is -2.08. The lowest BCUT2D eigenvalue weighted by molar-refractivity contribution is -0.139. The largest absolute Gasteiger partial charge is 0.480 e. The molecule has 17 heavy (non-hydrogen) atoms. The molecule has 90 valence electrons. The summed E-state index contributed by atoms with van der Waals surface area (Å²) < 4.78 is 5.42. The van der Waals surface area contributed by atoms with Crippen LogP contribution in [0.4, 0.5) is 0 Å². The maximum absolute atomic E-state index is 10.9. The fourth-order valence-corrected chi connectivity index (χ4v) is 1.56. The number of aromatic nitrogens is 2. The third-order valence-electron chi connectivity index (χ3n) is 2.41. The molecule has 1 unspecified atom stereocenters. The Bertz CT molecular complexity index is 530. The van der Waals surface area contributed by atoms with Gasteiger partial charge in [-0.05, 0) is 26.1 Å². The van der Waals surface area contributed by atoms with Crippen LogP contribution in [-0.4, -0.2) is 28.1 Å². The van der Waals surface area contributed by atoms with Crippen LogP contribution in [0.15, 0.2) is 22.7 Å². The molecule has 0 aromatic carbocycles. The highest BCUT2D eigenvalue weighted by Crippen LogP contribution is 2.21. The van der Waals surface area contributed by atoms with E-state index >= 15 is 0 Å². The number of carboxylic acid groups (broad SMARTS) is 1. The minimum atomic E-state index is -0.982. The maximum atomic E-state index is 10.9. The van der Waals surface area contributed by atoms with Crippen molar-refractivity contribution in [2.45, 2.75) is 13.0 Å². The van der Waals surface area contributed by atoms with Gasteiger partial charge in [-0.3, -0.25) is 4.79 Å². The molecule has 0 spiro atoms. The molecule has 6 heteroatoms. The topological polar surface area (TPSA) is 91.2 Å². The molecule has 2 aromatic heterocycles. The van der Waals surface area contributed by atoms with E-state index in [9.17, 15) is 4.79 Å². The van der Waals surface area contributed by atoms with E-state index in [0.717, 1.165) is 5.76 Å². The monoisotopic (exact) mass is 235 g/mol. The predicted molar refractivity (Wildman–Crippen MR) is 60.5 cm³/mol. The van der Waals surface area contributed by atoms with Crippen LogP contribution >= 0.6 is 0 Å². The van der Waals surface area contributed by atoms with Gasteiger partial charge in [-0.25, -0.2) is 4.98 Å². The number of imidazole rings is 1. The third-order valence-corrected chi connectivity index (χ3v) is 2.41. The van der Waals surface area contributed by atoms with Crippen molar-refractivity contribution in [3.05, 3.63) is 29.9 Å². The van der Waals surface area contributed by atoms with Gasteiger partial charge in [-0.15, -0.1) is 0 Å². The molecule has 1 atom stereocenters. The first-order valence-electron chi connectivity index (χ1n) is 5.13. The quantitative estimate of drug-likeness (QED) is 0.743. The van der Waals surface area contributed by atoms with E-state index in [1.54, 1.807) is 13.2 Å². The Labute approximate surface area is 97.7 Å². The molecule has 0 aliphatic heterocycles. The second-order valence-electron chi connectivity index (χ2n) is 3.65. The maximum Gasteiger partial charge on any atom is 0.328 e. The van der Waals surface area contributed by atoms with Crippen LogP contribution in [-0.2, 0) is 4.79 Å². The zero-order valence-electron chi connectivity index (χ0n) is 9.52. The highest BCUT2D eigenvalue weighted by atomic mass is 16.4. The molecular formula is C11H13N3O3. The number of H-pyrrole nitrogens is 1. The first kappa shape index (κ1) is 11.4. The summed E-state index contributed by atoms with van der Waals surface area (Å²) in [7, 11) is 1.57. The molecule has 2 rings (SSSR count). The number of aryl methyl sites for hydroxylation is 1. The summed E-state index contributed by atoms with van der Waals surface area (Å²) in [6, 6.07) is 2.80. The van der Waals surface area contributed by atoms with Crippen molar-refractivity contribution in [1.82, 2.24) is 15.3 Å². The van der Waals surface area contributed by atoms with Gasteiger partial charge in [-0.2, -0.15) is 0 Å². The normalized spacial score (nSPS) is 12.6. The summed E-state index contributed by atoms with van der Waals surface area (Å²) >= 11 is 0. The van der Waals surface area contributed by atoms with E-state index in [1.165, 1.54) is 0 Å². The number of hydrogen-bond donors (Lipinski definition) is 3. The number of likely N-dealkylation sites (N-methyl/N-ethyl adjacent to an activating group) is 1. The molecule has 0 saturated carbocycles. The van der Waals surface area contributed by atoms with Gasteiger partial charge in [0.2, 0.25) is 0 Å². The number of furan rings is 1. The van der Waals surface area contributed by atoms with E-state index in [2.05, 4.69) is 15.3 Å². The van der Waals surface area contributed by atoms with Crippen LogP contribution in [0.1, 0.15) is 17.6 Å². The molecule has 0 saturated heterocycles. The van der Waals surface area contributed by atoms with Gasteiger partial charge in [0, 0.05) is 0 Å². The summed E-state index contributed by atoms with van der Waals surface area (Å²) in [6.45, 7) is 1.84. The van der Waals surface area contributed by atoms with Crippen LogP contribution in [0, 0.1) is 6.92 Å². The summed E-state index contributed by atoms with van der Waals surface area (Å²) in [5, 5.41) is 11.6. The van der Waals surface area contributed by atoms with Gasteiger partial charge in [0.1, 0.15) is 17.3 Å². The Morgan fingerprint density at radius 2 is 2.35 bits per heavy atom. The van der Waals surface area contributed by atoms with Gasteiger partial charge in [-0.1, -0.05) is 0 Å². The smallest absolute Gasteiger partial charge is 0.328 e.